The van der Waals surface area contributed by atoms with E-state index in [2.05, 4.69) is 24.4 Å². The number of hydrogen-bond acceptors (Lipinski definition) is 3. The third-order valence-electron chi connectivity index (χ3n) is 2.85. The molecule has 1 aliphatic rings. The van der Waals surface area contributed by atoms with Gasteiger partial charge in [0, 0.05) is 13.0 Å². The average Bonchev–Trinajstić information content (AvgIpc) is 2.83. The van der Waals surface area contributed by atoms with E-state index in [1.54, 1.807) is 0 Å². The van der Waals surface area contributed by atoms with Crippen LogP contribution >= 0.6 is 0 Å². The van der Waals surface area contributed by atoms with Crippen molar-refractivity contribution in [1.29, 1.82) is 0 Å². The first-order valence-electron chi connectivity index (χ1n) is 6.42. The lowest BCUT2D eigenvalue weighted by molar-refractivity contribution is 0.141. The zero-order valence-corrected chi connectivity index (χ0v) is 10.4. The first-order valence-corrected chi connectivity index (χ1v) is 6.42. The van der Waals surface area contributed by atoms with Crippen molar-refractivity contribution in [3.05, 3.63) is 29.8 Å². The Morgan fingerprint density at radius 3 is 3.18 bits per heavy atom. The molecule has 0 aliphatic carbocycles. The topological polar surface area (TPSA) is 30.5 Å². The molecule has 1 N–H and O–H groups in total. The smallest absolute Gasteiger partial charge is 0.124 e. The molecular formula is C14H21NO2. The van der Waals surface area contributed by atoms with Crippen molar-refractivity contribution in [2.45, 2.75) is 32.4 Å². The van der Waals surface area contributed by atoms with Gasteiger partial charge in [-0.1, -0.05) is 19.1 Å². The molecule has 0 spiro atoms. The molecule has 1 saturated heterocycles. The minimum Gasteiger partial charge on any atom is -0.488 e. The molecule has 1 heterocycles. The lowest BCUT2D eigenvalue weighted by atomic mass is 10.2. The van der Waals surface area contributed by atoms with Crippen LogP contribution in [0.4, 0.5) is 0 Å². The van der Waals surface area contributed by atoms with Gasteiger partial charge in [-0.15, -0.1) is 0 Å². The van der Waals surface area contributed by atoms with Gasteiger partial charge in [-0.25, -0.2) is 0 Å². The van der Waals surface area contributed by atoms with E-state index in [1.807, 2.05) is 12.1 Å². The van der Waals surface area contributed by atoms with Crippen LogP contribution in [0.25, 0.3) is 0 Å². The molecule has 0 bridgehead atoms. The molecule has 0 amide bonds. The summed E-state index contributed by atoms with van der Waals surface area (Å²) >= 11 is 0. The van der Waals surface area contributed by atoms with Gasteiger partial charge >= 0.3 is 0 Å². The minimum absolute atomic E-state index is 0.230. The molecule has 0 aromatic heterocycles. The molecule has 1 aromatic carbocycles. The van der Waals surface area contributed by atoms with Crippen LogP contribution < -0.4 is 10.1 Å². The summed E-state index contributed by atoms with van der Waals surface area (Å²) in [4.78, 5) is 0. The molecule has 0 saturated carbocycles. The Hall–Kier alpha value is -1.06. The fourth-order valence-electron chi connectivity index (χ4n) is 1.94. The summed E-state index contributed by atoms with van der Waals surface area (Å²) in [6.45, 7) is 5.68. The van der Waals surface area contributed by atoms with Crippen molar-refractivity contribution in [2.75, 3.05) is 19.8 Å². The predicted octanol–water partition coefficient (Wildman–Crippen LogP) is 2.35. The van der Waals surface area contributed by atoms with Crippen molar-refractivity contribution >= 4 is 0 Å². The fourth-order valence-corrected chi connectivity index (χ4v) is 1.94. The van der Waals surface area contributed by atoms with Crippen LogP contribution in [0, 0.1) is 0 Å². The molecule has 1 unspecified atom stereocenters. The van der Waals surface area contributed by atoms with E-state index in [-0.39, 0.29) is 6.10 Å². The summed E-state index contributed by atoms with van der Waals surface area (Å²) in [5.74, 6) is 0.955. The van der Waals surface area contributed by atoms with Crippen LogP contribution in [-0.2, 0) is 11.3 Å². The monoisotopic (exact) mass is 235 g/mol. The second-order valence-electron chi connectivity index (χ2n) is 4.43. The molecule has 1 atom stereocenters. The summed E-state index contributed by atoms with van der Waals surface area (Å²) < 4.78 is 11.2. The zero-order valence-electron chi connectivity index (χ0n) is 10.4. The molecule has 1 aliphatic heterocycles. The van der Waals surface area contributed by atoms with Gasteiger partial charge < -0.3 is 14.8 Å². The van der Waals surface area contributed by atoms with E-state index in [4.69, 9.17) is 9.47 Å². The number of nitrogens with one attached hydrogen (secondary N) is 1. The molecule has 3 heteroatoms. The maximum Gasteiger partial charge on any atom is 0.124 e. The normalized spacial score (nSPS) is 19.5. The first-order chi connectivity index (χ1) is 8.38. The van der Waals surface area contributed by atoms with Crippen LogP contribution in [0.15, 0.2) is 24.3 Å². The highest BCUT2D eigenvalue weighted by Crippen LogP contribution is 2.18. The van der Waals surface area contributed by atoms with Gasteiger partial charge in [0.25, 0.3) is 0 Å². The lowest BCUT2D eigenvalue weighted by Crippen LogP contribution is -2.16. The Kier molecular flexibility index (Phi) is 4.83. The zero-order chi connectivity index (χ0) is 11.9. The van der Waals surface area contributed by atoms with E-state index in [0.717, 1.165) is 44.9 Å². The van der Waals surface area contributed by atoms with Crippen LogP contribution in [0.1, 0.15) is 25.3 Å². The second kappa shape index (κ2) is 6.62. The Bertz CT molecular complexity index is 335. The standard InChI is InChI=1S/C14H21NO2/c1-2-7-15-10-12-4-3-5-13(9-12)17-14-6-8-16-11-14/h3-5,9,14-15H,2,6-8,10-11H2,1H3. The Morgan fingerprint density at radius 1 is 1.47 bits per heavy atom. The van der Waals surface area contributed by atoms with E-state index in [0.29, 0.717) is 0 Å². The van der Waals surface area contributed by atoms with Crippen LogP contribution in [0.5, 0.6) is 5.75 Å². The molecule has 3 nitrogen and oxygen atoms in total. The minimum atomic E-state index is 0.230. The summed E-state index contributed by atoms with van der Waals surface area (Å²) in [6.07, 6.45) is 2.39. The number of ether oxygens (including phenoxy) is 2. The van der Waals surface area contributed by atoms with Crippen molar-refractivity contribution in [2.24, 2.45) is 0 Å². The van der Waals surface area contributed by atoms with E-state index >= 15 is 0 Å². The van der Waals surface area contributed by atoms with Gasteiger partial charge in [-0.05, 0) is 30.7 Å². The van der Waals surface area contributed by atoms with Gasteiger partial charge in [-0.3, -0.25) is 0 Å². The van der Waals surface area contributed by atoms with Gasteiger partial charge in [-0.2, -0.15) is 0 Å². The van der Waals surface area contributed by atoms with Crippen molar-refractivity contribution < 1.29 is 9.47 Å². The van der Waals surface area contributed by atoms with Crippen molar-refractivity contribution in [3.63, 3.8) is 0 Å². The van der Waals surface area contributed by atoms with Crippen molar-refractivity contribution in [1.82, 2.24) is 5.32 Å². The van der Waals surface area contributed by atoms with Gasteiger partial charge in [0.1, 0.15) is 11.9 Å². The Labute approximate surface area is 103 Å². The molecule has 1 aromatic rings. The second-order valence-corrected chi connectivity index (χ2v) is 4.43. The molecule has 17 heavy (non-hydrogen) atoms. The van der Waals surface area contributed by atoms with E-state index in [9.17, 15) is 0 Å². The van der Waals surface area contributed by atoms with Gasteiger partial charge in [0.15, 0.2) is 0 Å². The van der Waals surface area contributed by atoms with E-state index < -0.39 is 0 Å². The fraction of sp³-hybridized carbons (Fsp3) is 0.571. The Morgan fingerprint density at radius 2 is 2.41 bits per heavy atom. The lowest BCUT2D eigenvalue weighted by Gasteiger charge is -2.12. The Balaban J connectivity index is 1.86. The summed E-state index contributed by atoms with van der Waals surface area (Å²) in [6, 6.07) is 8.30. The van der Waals surface area contributed by atoms with Crippen LogP contribution in [0.2, 0.25) is 0 Å². The summed E-state index contributed by atoms with van der Waals surface area (Å²) in [5.41, 5.74) is 1.27. The largest absolute Gasteiger partial charge is 0.488 e. The predicted molar refractivity (Wildman–Crippen MR) is 68.3 cm³/mol. The molecular weight excluding hydrogens is 214 g/mol. The average molecular weight is 235 g/mol. The molecule has 1 fully saturated rings. The molecule has 0 radical (unpaired) electrons. The third-order valence-corrected chi connectivity index (χ3v) is 2.85. The van der Waals surface area contributed by atoms with Crippen LogP contribution in [-0.4, -0.2) is 25.9 Å². The van der Waals surface area contributed by atoms with E-state index in [1.165, 1.54) is 5.56 Å². The SMILES string of the molecule is CCCNCc1cccc(OC2CCOC2)c1. The quantitative estimate of drug-likeness (QED) is 0.768. The van der Waals surface area contributed by atoms with Gasteiger partial charge in [0.2, 0.25) is 0 Å². The molecule has 2 rings (SSSR count). The maximum atomic E-state index is 5.87. The number of benzene rings is 1. The van der Waals surface area contributed by atoms with Crippen LogP contribution in [0.3, 0.4) is 0 Å². The van der Waals surface area contributed by atoms with Crippen molar-refractivity contribution in [3.8, 4) is 5.75 Å². The highest BCUT2D eigenvalue weighted by molar-refractivity contribution is 5.28. The summed E-state index contributed by atoms with van der Waals surface area (Å²) in [5, 5.41) is 3.39. The third kappa shape index (κ3) is 4.02. The number of rotatable bonds is 6. The highest BCUT2D eigenvalue weighted by Gasteiger charge is 2.16. The molecule has 94 valence electrons. The highest BCUT2D eigenvalue weighted by atomic mass is 16.5. The maximum absolute atomic E-state index is 5.87. The number of hydrogen-bond donors (Lipinski definition) is 1. The first kappa shape index (κ1) is 12.4. The summed E-state index contributed by atoms with van der Waals surface area (Å²) in [7, 11) is 0. The van der Waals surface area contributed by atoms with Gasteiger partial charge in [0.05, 0.1) is 13.2 Å².